The van der Waals surface area contributed by atoms with E-state index in [2.05, 4.69) is 20.6 Å². The Bertz CT molecular complexity index is 888. The maximum absolute atomic E-state index is 12.5. The van der Waals surface area contributed by atoms with Crippen LogP contribution in [-0.4, -0.2) is 37.2 Å². The molecule has 4 rings (SSSR count). The van der Waals surface area contributed by atoms with Gasteiger partial charge in [-0.15, -0.1) is 0 Å². The highest BCUT2D eigenvalue weighted by atomic mass is 32.1. The van der Waals surface area contributed by atoms with Crippen molar-refractivity contribution in [1.29, 1.82) is 0 Å². The molecule has 1 aromatic carbocycles. The number of nitrogens with one attached hydrogen (secondary N) is 1. The van der Waals surface area contributed by atoms with Crippen LogP contribution in [0.15, 0.2) is 59.4 Å². The molecule has 0 radical (unpaired) electrons. The van der Waals surface area contributed by atoms with Crippen molar-refractivity contribution in [2.24, 2.45) is 0 Å². The lowest BCUT2D eigenvalue weighted by molar-refractivity contribution is 0.0951. The molecule has 3 heterocycles. The van der Waals surface area contributed by atoms with Crippen LogP contribution in [0.4, 0.5) is 5.69 Å². The van der Waals surface area contributed by atoms with Gasteiger partial charge < -0.3 is 15.0 Å². The number of anilines is 1. The number of ether oxygens (including phenoxy) is 1. The molecule has 3 aromatic rings. The van der Waals surface area contributed by atoms with Crippen LogP contribution in [0, 0.1) is 0 Å². The van der Waals surface area contributed by atoms with Gasteiger partial charge in [-0.05, 0) is 53.4 Å². The average molecular weight is 379 g/mol. The summed E-state index contributed by atoms with van der Waals surface area (Å²) in [5.41, 5.74) is 4.86. The Morgan fingerprint density at radius 3 is 2.70 bits per heavy atom. The standard InChI is InChI=1S/C21H21N3O2S/c25-21(17-1-3-19(4-2-17)24-8-10-26-11-9-24)23-14-16-5-7-22-20(13-16)18-6-12-27-15-18/h1-7,12-13,15H,8-11,14H2,(H,23,25). The number of amides is 1. The van der Waals surface area contributed by atoms with E-state index in [1.165, 1.54) is 0 Å². The predicted molar refractivity (Wildman–Crippen MR) is 108 cm³/mol. The molecule has 0 unspecified atom stereocenters. The summed E-state index contributed by atoms with van der Waals surface area (Å²) < 4.78 is 5.38. The highest BCUT2D eigenvalue weighted by Gasteiger charge is 2.12. The third-order valence-corrected chi connectivity index (χ3v) is 5.28. The molecule has 0 spiro atoms. The Labute approximate surface area is 162 Å². The van der Waals surface area contributed by atoms with Crippen LogP contribution in [0.2, 0.25) is 0 Å². The molecule has 27 heavy (non-hydrogen) atoms. The first-order valence-electron chi connectivity index (χ1n) is 8.98. The number of nitrogens with zero attached hydrogens (tertiary/aromatic N) is 2. The molecule has 0 atom stereocenters. The minimum Gasteiger partial charge on any atom is -0.378 e. The molecule has 138 valence electrons. The Hall–Kier alpha value is -2.70. The number of morpholine rings is 1. The zero-order chi connectivity index (χ0) is 18.5. The monoisotopic (exact) mass is 379 g/mol. The van der Waals surface area contributed by atoms with Crippen molar-refractivity contribution < 1.29 is 9.53 Å². The molecular formula is C21H21N3O2S. The smallest absolute Gasteiger partial charge is 0.251 e. The van der Waals surface area contributed by atoms with E-state index in [0.717, 1.165) is 48.8 Å². The van der Waals surface area contributed by atoms with Crippen LogP contribution < -0.4 is 10.2 Å². The summed E-state index contributed by atoms with van der Waals surface area (Å²) in [5.74, 6) is -0.0718. The Morgan fingerprint density at radius 1 is 1.15 bits per heavy atom. The summed E-state index contributed by atoms with van der Waals surface area (Å²) in [7, 11) is 0. The van der Waals surface area contributed by atoms with Crippen molar-refractivity contribution >= 4 is 22.9 Å². The molecule has 2 aromatic heterocycles. The second kappa shape index (κ2) is 8.33. The van der Waals surface area contributed by atoms with Crippen molar-refractivity contribution in [2.45, 2.75) is 6.54 Å². The fraction of sp³-hybridized carbons (Fsp3) is 0.238. The fourth-order valence-corrected chi connectivity index (χ4v) is 3.73. The predicted octanol–water partition coefficient (Wildman–Crippen LogP) is 3.58. The molecule has 1 fully saturated rings. The van der Waals surface area contributed by atoms with Crippen molar-refractivity contribution in [1.82, 2.24) is 10.3 Å². The van der Waals surface area contributed by atoms with Gasteiger partial charge in [0.25, 0.3) is 5.91 Å². The minimum absolute atomic E-state index is 0.0718. The molecule has 1 saturated heterocycles. The van der Waals surface area contributed by atoms with Crippen molar-refractivity contribution in [3.63, 3.8) is 0 Å². The maximum atomic E-state index is 12.5. The van der Waals surface area contributed by atoms with Gasteiger partial charge in [-0.25, -0.2) is 0 Å². The third kappa shape index (κ3) is 4.35. The summed E-state index contributed by atoms with van der Waals surface area (Å²) in [6.45, 7) is 3.76. The Balaban J connectivity index is 1.37. The van der Waals surface area contributed by atoms with Crippen LogP contribution in [0.25, 0.3) is 11.3 Å². The summed E-state index contributed by atoms with van der Waals surface area (Å²) in [6, 6.07) is 13.8. The minimum atomic E-state index is -0.0718. The van der Waals surface area contributed by atoms with Gasteiger partial charge in [0.05, 0.1) is 18.9 Å². The fourth-order valence-electron chi connectivity index (χ4n) is 3.08. The number of aromatic nitrogens is 1. The molecular weight excluding hydrogens is 358 g/mol. The summed E-state index contributed by atoms with van der Waals surface area (Å²) in [5, 5.41) is 7.09. The molecule has 1 N–H and O–H groups in total. The van der Waals surface area contributed by atoms with E-state index in [1.807, 2.05) is 47.8 Å². The zero-order valence-electron chi connectivity index (χ0n) is 14.9. The average Bonchev–Trinajstić information content (AvgIpc) is 3.28. The van der Waals surface area contributed by atoms with Crippen LogP contribution in [0.1, 0.15) is 15.9 Å². The van der Waals surface area contributed by atoms with Crippen molar-refractivity contribution in [2.75, 3.05) is 31.2 Å². The molecule has 0 aliphatic carbocycles. The van der Waals surface area contributed by atoms with E-state index in [0.29, 0.717) is 12.1 Å². The van der Waals surface area contributed by atoms with E-state index < -0.39 is 0 Å². The van der Waals surface area contributed by atoms with Gasteiger partial charge in [0.15, 0.2) is 0 Å². The number of hydrogen-bond acceptors (Lipinski definition) is 5. The van der Waals surface area contributed by atoms with Gasteiger partial charge >= 0.3 is 0 Å². The lowest BCUT2D eigenvalue weighted by Crippen LogP contribution is -2.36. The molecule has 1 amide bonds. The van der Waals surface area contributed by atoms with E-state index in [9.17, 15) is 4.79 Å². The molecule has 0 bridgehead atoms. The SMILES string of the molecule is O=C(NCc1ccnc(-c2ccsc2)c1)c1ccc(N2CCOCC2)cc1. The quantitative estimate of drug-likeness (QED) is 0.736. The molecule has 1 aliphatic rings. The molecule has 1 aliphatic heterocycles. The first-order chi connectivity index (χ1) is 13.3. The number of thiophene rings is 1. The van der Waals surface area contributed by atoms with E-state index in [-0.39, 0.29) is 5.91 Å². The first-order valence-corrected chi connectivity index (χ1v) is 9.92. The largest absolute Gasteiger partial charge is 0.378 e. The maximum Gasteiger partial charge on any atom is 0.251 e. The number of carbonyl (C=O) groups is 1. The van der Waals surface area contributed by atoms with Gasteiger partial charge in [0, 0.05) is 48.0 Å². The van der Waals surface area contributed by atoms with E-state index in [4.69, 9.17) is 4.74 Å². The highest BCUT2D eigenvalue weighted by molar-refractivity contribution is 7.08. The van der Waals surface area contributed by atoms with Gasteiger partial charge in [0.1, 0.15) is 0 Å². The molecule has 5 nitrogen and oxygen atoms in total. The Morgan fingerprint density at radius 2 is 1.96 bits per heavy atom. The lowest BCUT2D eigenvalue weighted by Gasteiger charge is -2.28. The van der Waals surface area contributed by atoms with Crippen LogP contribution in [0.5, 0.6) is 0 Å². The normalized spacial score (nSPS) is 14.1. The van der Waals surface area contributed by atoms with Crippen molar-refractivity contribution in [3.05, 3.63) is 70.5 Å². The molecule has 0 saturated carbocycles. The lowest BCUT2D eigenvalue weighted by atomic mass is 10.1. The van der Waals surface area contributed by atoms with E-state index in [1.54, 1.807) is 17.5 Å². The number of hydrogen-bond donors (Lipinski definition) is 1. The Kier molecular flexibility index (Phi) is 5.46. The zero-order valence-corrected chi connectivity index (χ0v) is 15.7. The number of rotatable bonds is 5. The third-order valence-electron chi connectivity index (χ3n) is 4.60. The summed E-state index contributed by atoms with van der Waals surface area (Å²) in [4.78, 5) is 19.1. The van der Waals surface area contributed by atoms with Crippen molar-refractivity contribution in [3.8, 4) is 11.3 Å². The molecule has 6 heteroatoms. The van der Waals surface area contributed by atoms with Crippen LogP contribution in [-0.2, 0) is 11.3 Å². The van der Waals surface area contributed by atoms with E-state index >= 15 is 0 Å². The second-order valence-electron chi connectivity index (χ2n) is 6.39. The van der Waals surface area contributed by atoms with Crippen LogP contribution >= 0.6 is 11.3 Å². The number of benzene rings is 1. The summed E-state index contributed by atoms with van der Waals surface area (Å²) >= 11 is 1.65. The van der Waals surface area contributed by atoms with Gasteiger partial charge in [-0.1, -0.05) is 0 Å². The number of pyridine rings is 1. The summed E-state index contributed by atoms with van der Waals surface area (Å²) in [6.07, 6.45) is 1.78. The van der Waals surface area contributed by atoms with Crippen LogP contribution in [0.3, 0.4) is 0 Å². The first kappa shape index (κ1) is 17.7. The van der Waals surface area contributed by atoms with Gasteiger partial charge in [-0.3, -0.25) is 9.78 Å². The van der Waals surface area contributed by atoms with Gasteiger partial charge in [0.2, 0.25) is 0 Å². The number of carbonyl (C=O) groups excluding carboxylic acids is 1. The second-order valence-corrected chi connectivity index (χ2v) is 7.17. The topological polar surface area (TPSA) is 54.5 Å². The van der Waals surface area contributed by atoms with Gasteiger partial charge in [-0.2, -0.15) is 11.3 Å². The highest BCUT2D eigenvalue weighted by Crippen LogP contribution is 2.21.